The lowest BCUT2D eigenvalue weighted by Gasteiger charge is -2.29. The summed E-state index contributed by atoms with van der Waals surface area (Å²) >= 11 is 0. The average Bonchev–Trinajstić information content (AvgIpc) is 2.68. The highest BCUT2D eigenvalue weighted by atomic mass is 19.1. The Labute approximate surface area is 154 Å². The zero-order chi connectivity index (χ0) is 18.4. The van der Waals surface area contributed by atoms with E-state index in [-0.39, 0.29) is 29.5 Å². The Bertz CT molecular complexity index is 603. The van der Waals surface area contributed by atoms with Gasteiger partial charge in [0.05, 0.1) is 0 Å². The van der Waals surface area contributed by atoms with Crippen molar-refractivity contribution in [3.8, 4) is 0 Å². The molecule has 2 aliphatic rings. The van der Waals surface area contributed by atoms with Crippen LogP contribution in [0.5, 0.6) is 0 Å². The second kappa shape index (κ2) is 9.15. The molecule has 0 aromatic heterocycles. The molecule has 1 aromatic rings. The normalized spacial score (nSPS) is 24.0. The van der Waals surface area contributed by atoms with Crippen molar-refractivity contribution in [3.05, 3.63) is 35.6 Å². The van der Waals surface area contributed by atoms with Crippen LogP contribution in [0.25, 0.3) is 0 Å². The molecule has 5 heteroatoms. The van der Waals surface area contributed by atoms with E-state index in [0.29, 0.717) is 12.6 Å². The van der Waals surface area contributed by atoms with Crippen molar-refractivity contribution in [2.24, 2.45) is 11.8 Å². The van der Waals surface area contributed by atoms with Gasteiger partial charge in [-0.15, -0.1) is 0 Å². The summed E-state index contributed by atoms with van der Waals surface area (Å²) in [4.78, 5) is 24.8. The van der Waals surface area contributed by atoms with Crippen molar-refractivity contribution < 1.29 is 14.0 Å². The van der Waals surface area contributed by atoms with E-state index in [4.69, 9.17) is 0 Å². The summed E-state index contributed by atoms with van der Waals surface area (Å²) in [5.74, 6) is -0.0142. The van der Waals surface area contributed by atoms with E-state index < -0.39 is 0 Å². The van der Waals surface area contributed by atoms with Crippen molar-refractivity contribution in [3.63, 3.8) is 0 Å². The van der Waals surface area contributed by atoms with E-state index >= 15 is 0 Å². The molecule has 2 aliphatic carbocycles. The molecule has 2 amide bonds. The highest BCUT2D eigenvalue weighted by molar-refractivity contribution is 5.81. The number of carbonyl (C=O) groups is 2. The van der Waals surface area contributed by atoms with E-state index in [1.165, 1.54) is 31.4 Å². The first-order valence-corrected chi connectivity index (χ1v) is 9.94. The number of nitrogens with one attached hydrogen (secondary N) is 2. The topological polar surface area (TPSA) is 58.2 Å². The Kier molecular flexibility index (Phi) is 6.64. The summed E-state index contributed by atoms with van der Waals surface area (Å²) < 4.78 is 12.9. The molecular weight excluding hydrogens is 331 g/mol. The quantitative estimate of drug-likeness (QED) is 0.841. The molecule has 2 N–H and O–H groups in total. The van der Waals surface area contributed by atoms with Gasteiger partial charge in [-0.05, 0) is 56.2 Å². The number of hydrogen-bond donors (Lipinski definition) is 2. The first-order valence-electron chi connectivity index (χ1n) is 9.94. The molecule has 26 heavy (non-hydrogen) atoms. The van der Waals surface area contributed by atoms with Crippen LogP contribution < -0.4 is 10.6 Å². The predicted octanol–water partition coefficient (Wildman–Crippen LogP) is 3.70. The van der Waals surface area contributed by atoms with Crippen LogP contribution in [0, 0.1) is 17.7 Å². The summed E-state index contributed by atoms with van der Waals surface area (Å²) in [5.41, 5.74) is 0.889. The second-order valence-electron chi connectivity index (χ2n) is 7.74. The minimum absolute atomic E-state index is 0.0193. The van der Waals surface area contributed by atoms with Gasteiger partial charge in [0.15, 0.2) is 0 Å². The van der Waals surface area contributed by atoms with Gasteiger partial charge in [-0.25, -0.2) is 4.39 Å². The van der Waals surface area contributed by atoms with E-state index in [9.17, 15) is 14.0 Å². The Hall–Kier alpha value is -1.91. The minimum atomic E-state index is -0.273. The lowest BCUT2D eigenvalue weighted by molar-refractivity contribution is -0.131. The maximum Gasteiger partial charge on any atom is 0.223 e. The van der Waals surface area contributed by atoms with E-state index in [0.717, 1.165) is 44.1 Å². The molecule has 142 valence electrons. The Morgan fingerprint density at radius 1 is 0.846 bits per heavy atom. The largest absolute Gasteiger partial charge is 0.353 e. The molecule has 4 nitrogen and oxygen atoms in total. The SMILES string of the molecule is O=C(NCc1ccc(F)cc1)C1CCC(C(=O)NC2CCCCC2)CC1. The lowest BCUT2D eigenvalue weighted by Crippen LogP contribution is -2.42. The van der Waals surface area contributed by atoms with Crippen LogP contribution in [0.3, 0.4) is 0 Å². The number of carbonyl (C=O) groups excluding carboxylic acids is 2. The fourth-order valence-electron chi connectivity index (χ4n) is 4.12. The minimum Gasteiger partial charge on any atom is -0.353 e. The fraction of sp³-hybridized carbons (Fsp3) is 0.619. The van der Waals surface area contributed by atoms with Crippen LogP contribution in [0.15, 0.2) is 24.3 Å². The van der Waals surface area contributed by atoms with E-state index in [1.54, 1.807) is 12.1 Å². The van der Waals surface area contributed by atoms with Gasteiger partial charge in [-0.2, -0.15) is 0 Å². The monoisotopic (exact) mass is 360 g/mol. The van der Waals surface area contributed by atoms with Gasteiger partial charge in [0, 0.05) is 24.4 Å². The third-order valence-corrected chi connectivity index (χ3v) is 5.80. The van der Waals surface area contributed by atoms with Gasteiger partial charge in [-0.1, -0.05) is 31.4 Å². The predicted molar refractivity (Wildman–Crippen MR) is 98.7 cm³/mol. The molecule has 2 fully saturated rings. The molecule has 3 rings (SSSR count). The smallest absolute Gasteiger partial charge is 0.223 e. The molecule has 1 aromatic carbocycles. The van der Waals surface area contributed by atoms with Crippen LogP contribution in [-0.4, -0.2) is 17.9 Å². The second-order valence-corrected chi connectivity index (χ2v) is 7.74. The molecule has 0 heterocycles. The summed E-state index contributed by atoms with van der Waals surface area (Å²) in [5, 5.41) is 6.15. The van der Waals surface area contributed by atoms with Crippen molar-refractivity contribution >= 4 is 11.8 Å². The molecule has 0 spiro atoms. The summed E-state index contributed by atoms with van der Waals surface area (Å²) in [6.07, 6.45) is 9.01. The van der Waals surface area contributed by atoms with Gasteiger partial charge in [0.2, 0.25) is 11.8 Å². The molecule has 0 unspecified atom stereocenters. The van der Waals surface area contributed by atoms with Crippen molar-refractivity contribution in [2.75, 3.05) is 0 Å². The molecule has 0 atom stereocenters. The van der Waals surface area contributed by atoms with E-state index in [2.05, 4.69) is 10.6 Å². The van der Waals surface area contributed by atoms with Crippen LogP contribution in [-0.2, 0) is 16.1 Å². The molecule has 0 bridgehead atoms. The maximum absolute atomic E-state index is 12.9. The number of amides is 2. The summed E-state index contributed by atoms with van der Waals surface area (Å²) in [6, 6.07) is 6.52. The van der Waals surface area contributed by atoms with E-state index in [1.807, 2.05) is 0 Å². The number of halogens is 1. The van der Waals surface area contributed by atoms with Gasteiger partial charge in [0.1, 0.15) is 5.82 Å². The standard InChI is InChI=1S/C21H29FN2O2/c22-18-12-6-15(7-13-18)14-23-20(25)16-8-10-17(11-9-16)21(26)24-19-4-2-1-3-5-19/h6-7,12-13,16-17,19H,1-5,8-11,14H2,(H,23,25)(H,24,26). The molecule has 0 aliphatic heterocycles. The zero-order valence-corrected chi connectivity index (χ0v) is 15.3. The Balaban J connectivity index is 1.39. The average molecular weight is 360 g/mol. The van der Waals surface area contributed by atoms with Crippen LogP contribution in [0.1, 0.15) is 63.4 Å². The maximum atomic E-state index is 12.9. The van der Waals surface area contributed by atoms with Crippen LogP contribution in [0.4, 0.5) is 4.39 Å². The van der Waals surface area contributed by atoms with Crippen molar-refractivity contribution in [1.82, 2.24) is 10.6 Å². The van der Waals surface area contributed by atoms with Crippen LogP contribution in [0.2, 0.25) is 0 Å². The van der Waals surface area contributed by atoms with Crippen molar-refractivity contribution in [2.45, 2.75) is 70.4 Å². The van der Waals surface area contributed by atoms with Crippen LogP contribution >= 0.6 is 0 Å². The Morgan fingerprint density at radius 2 is 1.42 bits per heavy atom. The lowest BCUT2D eigenvalue weighted by atomic mass is 9.81. The summed E-state index contributed by atoms with van der Waals surface area (Å²) in [6.45, 7) is 0.418. The third kappa shape index (κ3) is 5.29. The third-order valence-electron chi connectivity index (χ3n) is 5.80. The Morgan fingerprint density at radius 3 is 2.04 bits per heavy atom. The van der Waals surface area contributed by atoms with Gasteiger partial charge >= 0.3 is 0 Å². The number of hydrogen-bond acceptors (Lipinski definition) is 2. The van der Waals surface area contributed by atoms with Crippen molar-refractivity contribution in [1.29, 1.82) is 0 Å². The molecule has 2 saturated carbocycles. The molecule has 0 radical (unpaired) electrons. The molecule has 0 saturated heterocycles. The fourth-order valence-corrected chi connectivity index (χ4v) is 4.12. The zero-order valence-electron chi connectivity index (χ0n) is 15.3. The highest BCUT2D eigenvalue weighted by Crippen LogP contribution is 2.29. The first-order chi connectivity index (χ1) is 12.6. The van der Waals surface area contributed by atoms with Gasteiger partial charge in [0.25, 0.3) is 0 Å². The molecular formula is C21H29FN2O2. The first kappa shape index (κ1) is 18.9. The van der Waals surface area contributed by atoms with Gasteiger partial charge in [-0.3, -0.25) is 9.59 Å². The highest BCUT2D eigenvalue weighted by Gasteiger charge is 2.30. The number of benzene rings is 1. The summed E-state index contributed by atoms with van der Waals surface area (Å²) in [7, 11) is 0. The van der Waals surface area contributed by atoms with Gasteiger partial charge < -0.3 is 10.6 Å². The number of rotatable bonds is 5.